The summed E-state index contributed by atoms with van der Waals surface area (Å²) in [6.07, 6.45) is -0.963. The highest BCUT2D eigenvalue weighted by Crippen LogP contribution is 2.50. The van der Waals surface area contributed by atoms with Crippen LogP contribution in [0.2, 0.25) is 0 Å². The van der Waals surface area contributed by atoms with Crippen LogP contribution in [0.5, 0.6) is 0 Å². The number of aryl methyl sites for hydroxylation is 1. The molecule has 0 spiro atoms. The first-order valence-electron chi connectivity index (χ1n) is 8.07. The number of hydrogen-bond acceptors (Lipinski definition) is 2. The number of hydrazine groups is 1. The van der Waals surface area contributed by atoms with E-state index < -0.39 is 12.6 Å². The fraction of sp³-hybridized carbons (Fsp3) is 0.647. The highest BCUT2D eigenvalue weighted by molar-refractivity contribution is 5.56. The fourth-order valence-electron chi connectivity index (χ4n) is 3.03. The lowest BCUT2D eigenvalue weighted by molar-refractivity contribution is -0.132. The lowest BCUT2D eigenvalue weighted by Crippen LogP contribution is -2.35. The van der Waals surface area contributed by atoms with Gasteiger partial charge in [-0.05, 0) is 41.9 Å². The van der Waals surface area contributed by atoms with E-state index in [0.29, 0.717) is 11.8 Å². The molecule has 0 saturated heterocycles. The van der Waals surface area contributed by atoms with Crippen LogP contribution in [0.15, 0.2) is 18.2 Å². The Bertz CT molecular complexity index is 499. The minimum Gasteiger partial charge on any atom is -0.310 e. The molecule has 1 aliphatic rings. The quantitative estimate of drug-likeness (QED) is 0.579. The molecular weight excluding hydrogens is 289 g/mol. The zero-order chi connectivity index (χ0) is 16.3. The van der Waals surface area contributed by atoms with Crippen LogP contribution >= 0.6 is 0 Å². The molecular formula is C17H25F3N2. The molecule has 0 radical (unpaired) electrons. The van der Waals surface area contributed by atoms with Gasteiger partial charge in [-0.3, -0.25) is 0 Å². The maximum absolute atomic E-state index is 12.4. The smallest absolute Gasteiger partial charge is 0.310 e. The molecule has 1 aromatic rings. The first-order valence-corrected chi connectivity index (χ1v) is 8.07. The molecule has 22 heavy (non-hydrogen) atoms. The van der Waals surface area contributed by atoms with Gasteiger partial charge >= 0.3 is 6.18 Å². The van der Waals surface area contributed by atoms with E-state index >= 15 is 0 Å². The van der Waals surface area contributed by atoms with Gasteiger partial charge in [-0.1, -0.05) is 38.8 Å². The van der Waals surface area contributed by atoms with Crippen LogP contribution in [0, 0.1) is 5.92 Å². The van der Waals surface area contributed by atoms with Crippen molar-refractivity contribution < 1.29 is 13.2 Å². The van der Waals surface area contributed by atoms with E-state index in [0.717, 1.165) is 30.5 Å². The zero-order valence-corrected chi connectivity index (χ0v) is 13.3. The highest BCUT2D eigenvalue weighted by atomic mass is 19.4. The Balaban J connectivity index is 2.16. The largest absolute Gasteiger partial charge is 0.390 e. The SMILES string of the molecule is CCCc1ccc([C@H]2C[C@@H]2CC)cc1N(N)CCC(F)(F)F. The van der Waals surface area contributed by atoms with Crippen LogP contribution in [-0.2, 0) is 6.42 Å². The summed E-state index contributed by atoms with van der Waals surface area (Å²) in [4.78, 5) is 0. The maximum atomic E-state index is 12.4. The number of hydrogen-bond donors (Lipinski definition) is 1. The molecule has 2 rings (SSSR count). The molecule has 1 aliphatic carbocycles. The summed E-state index contributed by atoms with van der Waals surface area (Å²) in [5, 5.41) is 1.27. The molecule has 2 atom stereocenters. The molecule has 0 amide bonds. The summed E-state index contributed by atoms with van der Waals surface area (Å²) in [5.41, 5.74) is 3.00. The average Bonchev–Trinajstić information content (AvgIpc) is 3.24. The highest BCUT2D eigenvalue weighted by Gasteiger charge is 2.37. The van der Waals surface area contributed by atoms with Crippen molar-refractivity contribution in [2.75, 3.05) is 11.6 Å². The number of nitrogens with zero attached hydrogens (tertiary/aromatic N) is 1. The number of halogens is 3. The maximum Gasteiger partial charge on any atom is 0.390 e. The van der Waals surface area contributed by atoms with Gasteiger partial charge < -0.3 is 5.01 Å². The topological polar surface area (TPSA) is 29.3 Å². The number of alkyl halides is 3. The summed E-state index contributed by atoms with van der Waals surface area (Å²) in [7, 11) is 0. The third-order valence-electron chi connectivity index (χ3n) is 4.45. The van der Waals surface area contributed by atoms with Crippen LogP contribution < -0.4 is 10.9 Å². The molecule has 2 nitrogen and oxygen atoms in total. The second kappa shape index (κ2) is 6.90. The minimum absolute atomic E-state index is 0.203. The lowest BCUT2D eigenvalue weighted by atomic mass is 10.0. The third-order valence-corrected chi connectivity index (χ3v) is 4.45. The van der Waals surface area contributed by atoms with Gasteiger partial charge in [0.2, 0.25) is 0 Å². The van der Waals surface area contributed by atoms with E-state index in [1.165, 1.54) is 17.0 Å². The Kier molecular flexibility index (Phi) is 5.37. The van der Waals surface area contributed by atoms with Crippen molar-refractivity contribution in [3.63, 3.8) is 0 Å². The average molecular weight is 314 g/mol. The molecule has 1 fully saturated rings. The molecule has 5 heteroatoms. The third kappa shape index (κ3) is 4.38. The van der Waals surface area contributed by atoms with Gasteiger partial charge in [-0.15, -0.1) is 0 Å². The Morgan fingerprint density at radius 1 is 1.27 bits per heavy atom. The van der Waals surface area contributed by atoms with Gasteiger partial charge in [-0.2, -0.15) is 13.2 Å². The first kappa shape index (κ1) is 17.1. The minimum atomic E-state index is -4.18. The fourth-order valence-corrected chi connectivity index (χ4v) is 3.03. The summed E-state index contributed by atoms with van der Waals surface area (Å²) in [6.45, 7) is 4.03. The second-order valence-electron chi connectivity index (χ2n) is 6.21. The van der Waals surface area contributed by atoms with Crippen LogP contribution in [0.25, 0.3) is 0 Å². The normalized spacial score (nSPS) is 21.0. The molecule has 1 aromatic carbocycles. The van der Waals surface area contributed by atoms with Crippen molar-refractivity contribution in [3.8, 4) is 0 Å². The lowest BCUT2D eigenvalue weighted by Gasteiger charge is -2.23. The van der Waals surface area contributed by atoms with Crippen molar-refractivity contribution in [2.45, 2.75) is 58.0 Å². The van der Waals surface area contributed by atoms with Crippen LogP contribution in [-0.4, -0.2) is 12.7 Å². The van der Waals surface area contributed by atoms with Gasteiger partial charge in [-0.25, -0.2) is 5.84 Å². The predicted molar refractivity (Wildman–Crippen MR) is 83.8 cm³/mol. The van der Waals surface area contributed by atoms with Crippen molar-refractivity contribution in [2.24, 2.45) is 11.8 Å². The standard InChI is InChI=1S/C17H25F3N2/c1-3-5-13-6-7-14(15-10-12(15)4-2)11-16(13)22(21)9-8-17(18,19)20/h6-7,11-12,15H,3-5,8-10,21H2,1-2H3/t12-,15-/m0/s1. The van der Waals surface area contributed by atoms with Crippen molar-refractivity contribution in [1.82, 2.24) is 0 Å². The molecule has 0 aromatic heterocycles. The van der Waals surface area contributed by atoms with Crippen LogP contribution in [0.3, 0.4) is 0 Å². The van der Waals surface area contributed by atoms with Gasteiger partial charge in [0.15, 0.2) is 0 Å². The molecule has 0 heterocycles. The van der Waals surface area contributed by atoms with Crippen LogP contribution in [0.1, 0.15) is 56.6 Å². The predicted octanol–water partition coefficient (Wildman–Crippen LogP) is 4.79. The van der Waals surface area contributed by atoms with Gasteiger partial charge in [0, 0.05) is 6.54 Å². The molecule has 0 unspecified atom stereocenters. The van der Waals surface area contributed by atoms with Gasteiger partial charge in [0.05, 0.1) is 12.1 Å². The monoisotopic (exact) mass is 314 g/mol. The van der Waals surface area contributed by atoms with E-state index in [9.17, 15) is 13.2 Å². The van der Waals surface area contributed by atoms with E-state index in [4.69, 9.17) is 5.84 Å². The zero-order valence-electron chi connectivity index (χ0n) is 13.3. The summed E-state index contributed by atoms with van der Waals surface area (Å²) < 4.78 is 37.2. The molecule has 2 N–H and O–H groups in total. The molecule has 124 valence electrons. The molecule has 0 aliphatic heterocycles. The summed E-state index contributed by atoms with van der Waals surface area (Å²) >= 11 is 0. The Labute approximate surface area is 130 Å². The van der Waals surface area contributed by atoms with E-state index in [1.54, 1.807) is 0 Å². The Morgan fingerprint density at radius 3 is 2.55 bits per heavy atom. The second-order valence-corrected chi connectivity index (χ2v) is 6.21. The first-order chi connectivity index (χ1) is 10.4. The molecule has 0 bridgehead atoms. The van der Waals surface area contributed by atoms with E-state index in [-0.39, 0.29) is 6.54 Å². The number of anilines is 1. The summed E-state index contributed by atoms with van der Waals surface area (Å²) in [6, 6.07) is 6.15. The number of nitrogens with two attached hydrogens (primary N) is 1. The number of rotatable bonds is 7. The Morgan fingerprint density at radius 2 is 2.00 bits per heavy atom. The van der Waals surface area contributed by atoms with Crippen molar-refractivity contribution in [1.29, 1.82) is 0 Å². The van der Waals surface area contributed by atoms with Crippen molar-refractivity contribution in [3.05, 3.63) is 29.3 Å². The van der Waals surface area contributed by atoms with Gasteiger partial charge in [0.1, 0.15) is 0 Å². The van der Waals surface area contributed by atoms with Gasteiger partial charge in [0.25, 0.3) is 0 Å². The Hall–Kier alpha value is -1.23. The summed E-state index contributed by atoms with van der Waals surface area (Å²) in [5.74, 6) is 7.19. The van der Waals surface area contributed by atoms with E-state index in [2.05, 4.69) is 19.9 Å². The number of benzene rings is 1. The van der Waals surface area contributed by atoms with E-state index in [1.807, 2.05) is 12.1 Å². The molecule has 1 saturated carbocycles. The van der Waals surface area contributed by atoms with Crippen molar-refractivity contribution >= 4 is 5.69 Å². The van der Waals surface area contributed by atoms with Crippen LogP contribution in [0.4, 0.5) is 18.9 Å².